The minimum atomic E-state index is -0.300. The van der Waals surface area contributed by atoms with E-state index in [0.717, 1.165) is 17.5 Å². The number of nitrogens with zero attached hydrogens (tertiary/aromatic N) is 3. The number of rotatable bonds is 4. The zero-order valence-electron chi connectivity index (χ0n) is 12.8. The van der Waals surface area contributed by atoms with Crippen molar-refractivity contribution in [2.45, 2.75) is 13.3 Å². The van der Waals surface area contributed by atoms with Crippen LogP contribution < -0.4 is 11.1 Å². The third-order valence-corrected chi connectivity index (χ3v) is 3.55. The number of fused-ring (bicyclic) bond motifs is 1. The summed E-state index contributed by atoms with van der Waals surface area (Å²) in [6.07, 6.45) is 4.32. The third kappa shape index (κ3) is 2.83. The molecule has 116 valence electrons. The first-order chi connectivity index (χ1) is 11.2. The van der Waals surface area contributed by atoms with Crippen molar-refractivity contribution in [1.82, 2.24) is 20.5 Å². The standard InChI is InChI=1S/C17H17N5O/c1-2-8-20-17(23)16-14(18)13-7-3-6-12(15(13)21-22-16)11-5-4-9-19-10-11/h3-7,9-10H,2,8H2,1H3,(H2,18,21)(H,20,23). The van der Waals surface area contributed by atoms with Gasteiger partial charge in [0, 0.05) is 35.5 Å². The molecule has 0 saturated heterocycles. The van der Waals surface area contributed by atoms with E-state index < -0.39 is 0 Å². The topological polar surface area (TPSA) is 93.8 Å². The first-order valence-electron chi connectivity index (χ1n) is 7.46. The number of carbonyl (C=O) groups excluding carboxylic acids is 1. The van der Waals surface area contributed by atoms with Gasteiger partial charge >= 0.3 is 0 Å². The van der Waals surface area contributed by atoms with E-state index in [0.29, 0.717) is 23.1 Å². The SMILES string of the molecule is CCCNC(=O)c1nnc2c(-c3cccnc3)cccc2c1N. The second kappa shape index (κ2) is 6.39. The summed E-state index contributed by atoms with van der Waals surface area (Å²) < 4.78 is 0. The highest BCUT2D eigenvalue weighted by molar-refractivity contribution is 6.07. The van der Waals surface area contributed by atoms with Crippen LogP contribution in [0, 0.1) is 0 Å². The van der Waals surface area contributed by atoms with Crippen molar-refractivity contribution < 1.29 is 4.79 Å². The molecule has 0 fully saturated rings. The zero-order chi connectivity index (χ0) is 16.2. The van der Waals surface area contributed by atoms with Gasteiger partial charge in [0.25, 0.3) is 5.91 Å². The van der Waals surface area contributed by atoms with Crippen LogP contribution >= 0.6 is 0 Å². The van der Waals surface area contributed by atoms with E-state index >= 15 is 0 Å². The number of carbonyl (C=O) groups is 1. The van der Waals surface area contributed by atoms with Crippen molar-refractivity contribution in [3.8, 4) is 11.1 Å². The van der Waals surface area contributed by atoms with Gasteiger partial charge in [0.1, 0.15) is 5.52 Å². The minimum absolute atomic E-state index is 0.161. The van der Waals surface area contributed by atoms with Crippen LogP contribution in [0.4, 0.5) is 5.69 Å². The summed E-state index contributed by atoms with van der Waals surface area (Å²) in [4.78, 5) is 16.2. The molecule has 0 aliphatic rings. The Kier molecular flexibility index (Phi) is 4.14. The fraction of sp³-hybridized carbons (Fsp3) is 0.176. The summed E-state index contributed by atoms with van der Waals surface area (Å²) in [5.74, 6) is -0.300. The summed E-state index contributed by atoms with van der Waals surface area (Å²) in [5, 5.41) is 11.7. The highest BCUT2D eigenvalue weighted by Crippen LogP contribution is 2.30. The van der Waals surface area contributed by atoms with Gasteiger partial charge in [0.05, 0.1) is 5.69 Å². The molecule has 2 heterocycles. The number of hydrogen-bond acceptors (Lipinski definition) is 5. The van der Waals surface area contributed by atoms with Crippen molar-refractivity contribution in [1.29, 1.82) is 0 Å². The lowest BCUT2D eigenvalue weighted by atomic mass is 10.0. The Balaban J connectivity index is 2.11. The Morgan fingerprint density at radius 3 is 2.83 bits per heavy atom. The quantitative estimate of drug-likeness (QED) is 0.772. The molecular formula is C17H17N5O. The van der Waals surface area contributed by atoms with E-state index in [2.05, 4.69) is 20.5 Å². The van der Waals surface area contributed by atoms with Gasteiger partial charge in [-0.2, -0.15) is 0 Å². The van der Waals surface area contributed by atoms with E-state index in [1.165, 1.54) is 0 Å². The molecule has 1 amide bonds. The van der Waals surface area contributed by atoms with Crippen LogP contribution in [0.15, 0.2) is 42.7 Å². The second-order valence-electron chi connectivity index (χ2n) is 5.16. The van der Waals surface area contributed by atoms with Crippen LogP contribution in [0.25, 0.3) is 22.0 Å². The number of nitrogens with two attached hydrogens (primary N) is 1. The van der Waals surface area contributed by atoms with Gasteiger partial charge in [-0.05, 0) is 12.5 Å². The molecule has 23 heavy (non-hydrogen) atoms. The van der Waals surface area contributed by atoms with Gasteiger partial charge < -0.3 is 11.1 Å². The van der Waals surface area contributed by atoms with Crippen molar-refractivity contribution in [2.75, 3.05) is 12.3 Å². The molecule has 0 aliphatic carbocycles. The first-order valence-corrected chi connectivity index (χ1v) is 7.46. The summed E-state index contributed by atoms with van der Waals surface area (Å²) >= 11 is 0. The lowest BCUT2D eigenvalue weighted by molar-refractivity contribution is 0.0949. The first kappa shape index (κ1) is 14.9. The monoisotopic (exact) mass is 307 g/mol. The zero-order valence-corrected chi connectivity index (χ0v) is 12.8. The fourth-order valence-electron chi connectivity index (χ4n) is 2.40. The Morgan fingerprint density at radius 1 is 1.22 bits per heavy atom. The molecule has 2 aromatic heterocycles. The normalized spacial score (nSPS) is 10.7. The molecular weight excluding hydrogens is 290 g/mol. The van der Waals surface area contributed by atoms with E-state index in [-0.39, 0.29) is 11.6 Å². The molecule has 0 aliphatic heterocycles. The van der Waals surface area contributed by atoms with Crippen molar-refractivity contribution in [2.24, 2.45) is 0 Å². The molecule has 6 heteroatoms. The molecule has 3 aromatic rings. The summed E-state index contributed by atoms with van der Waals surface area (Å²) in [6, 6.07) is 9.47. The van der Waals surface area contributed by atoms with Gasteiger partial charge in [0.15, 0.2) is 5.69 Å². The highest BCUT2D eigenvalue weighted by atomic mass is 16.1. The minimum Gasteiger partial charge on any atom is -0.396 e. The number of nitrogen functional groups attached to an aromatic ring is 1. The Bertz CT molecular complexity index is 848. The number of amides is 1. The Hall–Kier alpha value is -3.02. The number of pyridine rings is 1. The lowest BCUT2D eigenvalue weighted by Crippen LogP contribution is -2.26. The van der Waals surface area contributed by atoms with E-state index in [9.17, 15) is 4.79 Å². The van der Waals surface area contributed by atoms with Gasteiger partial charge in [0.2, 0.25) is 0 Å². The average Bonchev–Trinajstić information content (AvgIpc) is 2.60. The molecule has 0 spiro atoms. The lowest BCUT2D eigenvalue weighted by Gasteiger charge is -2.10. The molecule has 0 atom stereocenters. The van der Waals surface area contributed by atoms with Gasteiger partial charge in [-0.1, -0.05) is 31.2 Å². The molecule has 0 bridgehead atoms. The van der Waals surface area contributed by atoms with Crippen LogP contribution in [0.5, 0.6) is 0 Å². The maximum absolute atomic E-state index is 12.1. The second-order valence-corrected chi connectivity index (χ2v) is 5.16. The van der Waals surface area contributed by atoms with Crippen LogP contribution in [-0.4, -0.2) is 27.6 Å². The molecule has 0 radical (unpaired) electrons. The summed E-state index contributed by atoms with van der Waals surface area (Å²) in [7, 11) is 0. The number of hydrogen-bond donors (Lipinski definition) is 2. The maximum atomic E-state index is 12.1. The molecule has 0 unspecified atom stereocenters. The van der Waals surface area contributed by atoms with Gasteiger partial charge in [-0.3, -0.25) is 9.78 Å². The number of anilines is 1. The van der Waals surface area contributed by atoms with Gasteiger partial charge in [-0.15, -0.1) is 10.2 Å². The van der Waals surface area contributed by atoms with E-state index in [4.69, 9.17) is 5.73 Å². The largest absolute Gasteiger partial charge is 0.396 e. The summed E-state index contributed by atoms with van der Waals surface area (Å²) in [5.41, 5.74) is 9.13. The average molecular weight is 307 g/mol. The number of benzene rings is 1. The molecule has 3 rings (SSSR count). The number of aromatic nitrogens is 3. The van der Waals surface area contributed by atoms with Crippen LogP contribution in [-0.2, 0) is 0 Å². The highest BCUT2D eigenvalue weighted by Gasteiger charge is 2.16. The Labute approximate surface area is 133 Å². The molecule has 6 nitrogen and oxygen atoms in total. The predicted octanol–water partition coefficient (Wildman–Crippen LogP) is 2.41. The van der Waals surface area contributed by atoms with Gasteiger partial charge in [-0.25, -0.2) is 0 Å². The van der Waals surface area contributed by atoms with E-state index in [1.54, 1.807) is 12.4 Å². The number of nitrogens with one attached hydrogen (secondary N) is 1. The van der Waals surface area contributed by atoms with Crippen LogP contribution in [0.2, 0.25) is 0 Å². The van der Waals surface area contributed by atoms with E-state index in [1.807, 2.05) is 37.3 Å². The van der Waals surface area contributed by atoms with Crippen molar-refractivity contribution in [3.05, 3.63) is 48.4 Å². The molecule has 0 saturated carbocycles. The third-order valence-electron chi connectivity index (χ3n) is 3.55. The fourth-order valence-corrected chi connectivity index (χ4v) is 2.40. The predicted molar refractivity (Wildman–Crippen MR) is 89.8 cm³/mol. The van der Waals surface area contributed by atoms with Crippen molar-refractivity contribution >= 4 is 22.5 Å². The molecule has 3 N–H and O–H groups in total. The summed E-state index contributed by atoms with van der Waals surface area (Å²) in [6.45, 7) is 2.56. The maximum Gasteiger partial charge on any atom is 0.273 e. The smallest absolute Gasteiger partial charge is 0.273 e. The molecule has 1 aromatic carbocycles. The van der Waals surface area contributed by atoms with Crippen LogP contribution in [0.3, 0.4) is 0 Å². The Morgan fingerprint density at radius 2 is 2.09 bits per heavy atom. The van der Waals surface area contributed by atoms with Crippen LogP contribution in [0.1, 0.15) is 23.8 Å². The van der Waals surface area contributed by atoms with Crippen molar-refractivity contribution in [3.63, 3.8) is 0 Å².